The van der Waals surface area contributed by atoms with E-state index in [1.807, 2.05) is 0 Å². The molecule has 0 spiro atoms. The third-order valence-corrected chi connectivity index (χ3v) is 7.48. The number of aryl methyl sites for hydroxylation is 1. The van der Waals surface area contributed by atoms with Crippen LogP contribution in [-0.4, -0.2) is 6.61 Å². The van der Waals surface area contributed by atoms with E-state index in [0.29, 0.717) is 18.8 Å². The molecular formula is C31H32F6O2. The van der Waals surface area contributed by atoms with Gasteiger partial charge in [-0.2, -0.15) is 8.78 Å². The molecule has 1 aliphatic rings. The summed E-state index contributed by atoms with van der Waals surface area (Å²) in [7, 11) is 0. The molecule has 8 heteroatoms. The number of rotatable bonds is 10. The Kier molecular flexibility index (Phi) is 9.46. The van der Waals surface area contributed by atoms with Gasteiger partial charge in [0.1, 0.15) is 11.6 Å². The molecule has 0 radical (unpaired) electrons. The van der Waals surface area contributed by atoms with Crippen LogP contribution in [0.4, 0.5) is 26.3 Å². The van der Waals surface area contributed by atoms with Crippen molar-refractivity contribution in [1.82, 2.24) is 0 Å². The highest BCUT2D eigenvalue weighted by Gasteiger charge is 2.30. The number of benzene rings is 3. The Morgan fingerprint density at radius 3 is 2.15 bits per heavy atom. The normalized spacial score (nSPS) is 17.5. The maximum absolute atomic E-state index is 15.9. The zero-order valence-electron chi connectivity index (χ0n) is 22.0. The predicted molar refractivity (Wildman–Crippen MR) is 138 cm³/mol. The van der Waals surface area contributed by atoms with Crippen LogP contribution in [-0.2, 0) is 0 Å². The molecule has 0 heterocycles. The van der Waals surface area contributed by atoms with Gasteiger partial charge in [-0.05, 0) is 79.8 Å². The van der Waals surface area contributed by atoms with Crippen LogP contribution in [0.15, 0.2) is 42.5 Å². The van der Waals surface area contributed by atoms with Crippen molar-refractivity contribution in [1.29, 1.82) is 0 Å². The van der Waals surface area contributed by atoms with E-state index in [-0.39, 0.29) is 39.7 Å². The predicted octanol–water partition coefficient (Wildman–Crippen LogP) is 10.5. The van der Waals surface area contributed by atoms with E-state index in [1.54, 1.807) is 12.1 Å². The zero-order chi connectivity index (χ0) is 28.1. The lowest BCUT2D eigenvalue weighted by molar-refractivity contribution is -0.0546. The first kappa shape index (κ1) is 28.8. The minimum Gasteiger partial charge on any atom is -0.453 e. The molecule has 0 bridgehead atoms. The van der Waals surface area contributed by atoms with Gasteiger partial charge in [-0.25, -0.2) is 17.6 Å². The van der Waals surface area contributed by atoms with E-state index in [2.05, 4.69) is 11.7 Å². The number of para-hydroxylation sites is 1. The molecule has 3 aromatic rings. The Morgan fingerprint density at radius 2 is 1.51 bits per heavy atom. The number of ether oxygens (including phenoxy) is 2. The number of halogens is 6. The molecule has 0 atom stereocenters. The number of unbranched alkanes of at least 4 members (excludes halogenated alkanes) is 2. The van der Waals surface area contributed by atoms with E-state index >= 15 is 8.78 Å². The molecule has 0 unspecified atom stereocenters. The first-order chi connectivity index (χ1) is 18.7. The minimum atomic E-state index is -3.40. The average Bonchev–Trinajstić information content (AvgIpc) is 2.89. The van der Waals surface area contributed by atoms with Crippen LogP contribution < -0.4 is 9.47 Å². The van der Waals surface area contributed by atoms with Crippen molar-refractivity contribution in [2.24, 2.45) is 5.92 Å². The summed E-state index contributed by atoms with van der Waals surface area (Å²) < 4.78 is 94.7. The number of hydrogen-bond acceptors (Lipinski definition) is 2. The van der Waals surface area contributed by atoms with Gasteiger partial charge in [0, 0.05) is 11.1 Å². The second-order valence-electron chi connectivity index (χ2n) is 10.2. The molecule has 0 amide bonds. The summed E-state index contributed by atoms with van der Waals surface area (Å²) in [6, 6.07) is 9.08. The molecule has 210 valence electrons. The minimum absolute atomic E-state index is 0.00526. The molecule has 39 heavy (non-hydrogen) atoms. The van der Waals surface area contributed by atoms with Gasteiger partial charge < -0.3 is 9.47 Å². The van der Waals surface area contributed by atoms with Crippen molar-refractivity contribution in [3.63, 3.8) is 0 Å². The third-order valence-electron chi connectivity index (χ3n) is 7.48. The van der Waals surface area contributed by atoms with Gasteiger partial charge in [0.2, 0.25) is 0 Å². The van der Waals surface area contributed by atoms with Crippen molar-refractivity contribution in [2.75, 3.05) is 0 Å². The summed E-state index contributed by atoms with van der Waals surface area (Å²) in [4.78, 5) is 0. The van der Waals surface area contributed by atoms with Gasteiger partial charge in [-0.3, -0.25) is 0 Å². The Balaban J connectivity index is 1.62. The molecule has 1 fully saturated rings. The van der Waals surface area contributed by atoms with Crippen molar-refractivity contribution in [3.05, 3.63) is 76.9 Å². The summed E-state index contributed by atoms with van der Waals surface area (Å²) in [5.74, 6) is -5.03. The SMILES string of the molecule is CCCCC[C@H]1CC[C@H](c2c(F)cc(C)c(Oc3ccccc3-c3cc(F)c(OC(F)F)c(F)c3)c2F)CC1. The maximum atomic E-state index is 15.9. The molecule has 1 aliphatic carbocycles. The van der Waals surface area contributed by atoms with E-state index in [4.69, 9.17) is 4.74 Å². The fourth-order valence-corrected chi connectivity index (χ4v) is 5.48. The van der Waals surface area contributed by atoms with E-state index in [0.717, 1.165) is 37.8 Å². The zero-order valence-corrected chi connectivity index (χ0v) is 22.0. The Hall–Kier alpha value is -3.16. The van der Waals surface area contributed by atoms with E-state index in [1.165, 1.54) is 38.0 Å². The second-order valence-corrected chi connectivity index (χ2v) is 10.2. The summed E-state index contributed by atoms with van der Waals surface area (Å²) in [5, 5.41) is 0. The lowest BCUT2D eigenvalue weighted by atomic mass is 9.76. The van der Waals surface area contributed by atoms with Gasteiger partial charge in [0.25, 0.3) is 0 Å². The van der Waals surface area contributed by atoms with Gasteiger partial charge in [0.05, 0.1) is 0 Å². The molecule has 0 N–H and O–H groups in total. The first-order valence-corrected chi connectivity index (χ1v) is 13.4. The average molecular weight is 551 g/mol. The van der Waals surface area contributed by atoms with E-state index < -0.39 is 35.6 Å². The van der Waals surface area contributed by atoms with Gasteiger partial charge in [0.15, 0.2) is 29.0 Å². The van der Waals surface area contributed by atoms with Gasteiger partial charge >= 0.3 is 6.61 Å². The highest BCUT2D eigenvalue weighted by molar-refractivity contribution is 5.72. The van der Waals surface area contributed by atoms with Crippen molar-refractivity contribution < 1.29 is 35.8 Å². The topological polar surface area (TPSA) is 18.5 Å². The Bertz CT molecular complexity index is 1260. The van der Waals surface area contributed by atoms with E-state index in [9.17, 15) is 17.6 Å². The monoisotopic (exact) mass is 550 g/mol. The molecule has 4 rings (SSSR count). The largest absolute Gasteiger partial charge is 0.453 e. The van der Waals surface area contributed by atoms with Crippen LogP contribution in [0, 0.1) is 36.1 Å². The van der Waals surface area contributed by atoms with Crippen molar-refractivity contribution in [3.8, 4) is 28.4 Å². The van der Waals surface area contributed by atoms with Crippen LogP contribution >= 0.6 is 0 Å². The molecule has 0 saturated heterocycles. The van der Waals surface area contributed by atoms with Crippen LogP contribution in [0.5, 0.6) is 17.2 Å². The fourth-order valence-electron chi connectivity index (χ4n) is 5.48. The molecular weight excluding hydrogens is 518 g/mol. The smallest absolute Gasteiger partial charge is 0.387 e. The summed E-state index contributed by atoms with van der Waals surface area (Å²) in [5.41, 5.74) is 0.403. The third kappa shape index (κ3) is 6.71. The number of hydrogen-bond donors (Lipinski definition) is 0. The van der Waals surface area contributed by atoms with Crippen molar-refractivity contribution in [2.45, 2.75) is 77.7 Å². The highest BCUT2D eigenvalue weighted by Crippen LogP contribution is 2.44. The summed E-state index contributed by atoms with van der Waals surface area (Å²) in [6.07, 6.45) is 7.88. The van der Waals surface area contributed by atoms with Gasteiger partial charge in [-0.1, -0.05) is 50.8 Å². The second kappa shape index (κ2) is 12.8. The molecule has 3 aromatic carbocycles. The van der Waals surface area contributed by atoms with Crippen LogP contribution in [0.25, 0.3) is 11.1 Å². The summed E-state index contributed by atoms with van der Waals surface area (Å²) in [6.45, 7) is 0.287. The first-order valence-electron chi connectivity index (χ1n) is 13.4. The Morgan fingerprint density at radius 1 is 0.846 bits per heavy atom. The number of alkyl halides is 2. The molecule has 1 saturated carbocycles. The quantitative estimate of drug-likeness (QED) is 0.185. The Labute approximate surface area is 225 Å². The molecule has 0 aromatic heterocycles. The summed E-state index contributed by atoms with van der Waals surface area (Å²) >= 11 is 0. The van der Waals surface area contributed by atoms with Gasteiger partial charge in [-0.15, -0.1) is 0 Å². The standard InChI is InChI=1S/C31H32F6O2/c1-3-4-5-8-19-11-13-20(14-12-19)27-23(32)15-18(2)29(28(27)35)38-26-10-7-6-9-22(26)21-16-24(33)30(25(34)17-21)39-31(36)37/h6-7,9-10,15-17,19-20,31H,3-5,8,11-14H2,1-2H3/t19-,20-. The lowest BCUT2D eigenvalue weighted by Gasteiger charge is -2.30. The molecule has 2 nitrogen and oxygen atoms in total. The van der Waals surface area contributed by atoms with Crippen LogP contribution in [0.1, 0.15) is 75.3 Å². The van der Waals surface area contributed by atoms with Crippen molar-refractivity contribution >= 4 is 0 Å². The van der Waals surface area contributed by atoms with Crippen LogP contribution in [0.3, 0.4) is 0 Å². The maximum Gasteiger partial charge on any atom is 0.387 e. The lowest BCUT2D eigenvalue weighted by Crippen LogP contribution is -2.16. The highest BCUT2D eigenvalue weighted by atomic mass is 19.3. The fraction of sp³-hybridized carbons (Fsp3) is 0.419. The molecule has 0 aliphatic heterocycles. The van der Waals surface area contributed by atoms with Crippen LogP contribution in [0.2, 0.25) is 0 Å².